The summed E-state index contributed by atoms with van der Waals surface area (Å²) in [5.74, 6) is -0.464. The molecule has 2 N–H and O–H groups in total. The number of pyridine rings is 1. The molecule has 0 radical (unpaired) electrons. The molecule has 5 atom stereocenters. The van der Waals surface area contributed by atoms with Gasteiger partial charge in [-0.25, -0.2) is 9.37 Å². The first-order valence-corrected chi connectivity index (χ1v) is 17.7. The van der Waals surface area contributed by atoms with E-state index in [1.165, 1.54) is 13.0 Å². The largest absolute Gasteiger partial charge is 0.461 e. The molecule has 1 amide bonds. The lowest BCUT2D eigenvalue weighted by molar-refractivity contribution is -0.139. The van der Waals surface area contributed by atoms with Gasteiger partial charge in [0, 0.05) is 56.7 Å². The lowest BCUT2D eigenvalue weighted by Gasteiger charge is -2.42. The zero-order valence-electron chi connectivity index (χ0n) is 29.7. The molecule has 3 fully saturated rings. The molecule has 2 aromatic heterocycles. The van der Waals surface area contributed by atoms with E-state index in [0.29, 0.717) is 57.1 Å². The fourth-order valence-corrected chi connectivity index (χ4v) is 8.52. The van der Waals surface area contributed by atoms with Crippen molar-refractivity contribution in [1.82, 2.24) is 29.7 Å². The van der Waals surface area contributed by atoms with Crippen LogP contribution in [-0.4, -0.2) is 113 Å². The van der Waals surface area contributed by atoms with Crippen molar-refractivity contribution in [3.8, 4) is 12.1 Å². The van der Waals surface area contributed by atoms with Gasteiger partial charge in [0.2, 0.25) is 5.91 Å². The van der Waals surface area contributed by atoms with Crippen LogP contribution in [0.2, 0.25) is 0 Å². The van der Waals surface area contributed by atoms with E-state index in [1.807, 2.05) is 30.8 Å². The maximum absolute atomic E-state index is 14.6. The van der Waals surface area contributed by atoms with Gasteiger partial charge in [-0.2, -0.15) is 28.4 Å². The third-order valence-corrected chi connectivity index (χ3v) is 10.9. The van der Waals surface area contributed by atoms with Crippen molar-refractivity contribution in [1.29, 1.82) is 5.26 Å². The van der Waals surface area contributed by atoms with E-state index in [1.54, 1.807) is 17.1 Å². The van der Waals surface area contributed by atoms with Crippen LogP contribution < -0.4 is 15.4 Å². The molecule has 2 aromatic rings. The van der Waals surface area contributed by atoms with Gasteiger partial charge in [-0.05, 0) is 70.8 Å². The number of piperazine rings is 1. The molecule has 3 saturated heterocycles. The van der Waals surface area contributed by atoms with Crippen LogP contribution in [0.3, 0.4) is 0 Å². The SMILES string of the molecule is Cc1cc(N)nc([C@@H]2Cc3nc(OC[C@@]45CCCN4C[C@H](F)C5)nc(N4CCN(C(=O)/C=C/CN(C)C)[C@@H](CC#N)C4)c3C[C@H]2C)c1C(F)(F)F. The van der Waals surface area contributed by atoms with Gasteiger partial charge in [-0.1, -0.05) is 13.0 Å². The van der Waals surface area contributed by atoms with Gasteiger partial charge in [-0.15, -0.1) is 0 Å². The number of hydrogen-bond acceptors (Lipinski definition) is 10. The van der Waals surface area contributed by atoms with E-state index >= 15 is 0 Å². The number of hydrogen-bond donors (Lipinski definition) is 1. The predicted octanol–water partition coefficient (Wildman–Crippen LogP) is 4.30. The molecule has 0 unspecified atom stereocenters. The minimum atomic E-state index is -4.62. The standard InChI is InChI=1S/C36H47F4N9O2/c1-22-15-27-28(17-26(22)32-31(36(38,39)40)23(2)16-29(42)44-32)43-34(51-21-35-9-6-12-48(35)19-24(37)18-35)45-33(27)47-13-14-49(25(20-47)8-10-41)30(50)7-5-11-46(3)4/h5,7,16,22,24-26H,6,8-9,11-15,17-21H2,1-4H3,(H2,42,44)/b7-5+/t22-,24-,25+,26-,35+/m1/s1. The Morgan fingerprint density at radius 2 is 1.98 bits per heavy atom. The third-order valence-electron chi connectivity index (χ3n) is 10.9. The van der Waals surface area contributed by atoms with Gasteiger partial charge in [-0.3, -0.25) is 9.69 Å². The molecule has 4 aliphatic rings. The normalized spacial score (nSPS) is 26.8. The Labute approximate surface area is 296 Å². The van der Waals surface area contributed by atoms with E-state index in [4.69, 9.17) is 20.4 Å². The molecule has 1 aliphatic carbocycles. The number of halogens is 4. The van der Waals surface area contributed by atoms with Crippen molar-refractivity contribution in [3.05, 3.63) is 46.3 Å². The van der Waals surface area contributed by atoms with Gasteiger partial charge in [0.1, 0.15) is 24.4 Å². The lowest BCUT2D eigenvalue weighted by atomic mass is 9.75. The van der Waals surface area contributed by atoms with Crippen LogP contribution in [-0.2, 0) is 23.8 Å². The molecule has 0 spiro atoms. The van der Waals surface area contributed by atoms with Crippen molar-refractivity contribution in [2.24, 2.45) is 5.92 Å². The molecular formula is C36H47F4N9O2. The third kappa shape index (κ3) is 7.62. The highest BCUT2D eigenvalue weighted by Crippen LogP contribution is 2.46. The topological polar surface area (TPSA) is 128 Å². The number of rotatable bonds is 9. The molecule has 276 valence electrons. The predicted molar refractivity (Wildman–Crippen MR) is 184 cm³/mol. The van der Waals surface area contributed by atoms with Crippen LogP contribution in [0.1, 0.15) is 66.6 Å². The Hall–Kier alpha value is -4.03. The smallest absolute Gasteiger partial charge is 0.418 e. The highest BCUT2D eigenvalue weighted by atomic mass is 19.4. The number of aromatic nitrogens is 3. The van der Waals surface area contributed by atoms with Crippen molar-refractivity contribution in [2.45, 2.75) is 82.2 Å². The number of nitrogens with two attached hydrogens (primary N) is 1. The average molecular weight is 714 g/mol. The Kier molecular flexibility index (Phi) is 10.5. The monoisotopic (exact) mass is 713 g/mol. The first kappa shape index (κ1) is 36.8. The van der Waals surface area contributed by atoms with Crippen LogP contribution in [0.4, 0.5) is 29.2 Å². The maximum atomic E-state index is 14.6. The van der Waals surface area contributed by atoms with E-state index in [-0.39, 0.29) is 54.4 Å². The van der Waals surface area contributed by atoms with Crippen molar-refractivity contribution in [2.75, 3.05) is 70.6 Å². The Balaban J connectivity index is 1.35. The molecule has 0 aromatic carbocycles. The lowest BCUT2D eigenvalue weighted by Crippen LogP contribution is -2.55. The van der Waals surface area contributed by atoms with Crippen LogP contribution in [0.5, 0.6) is 6.01 Å². The molecule has 0 bridgehead atoms. The molecule has 51 heavy (non-hydrogen) atoms. The van der Waals surface area contributed by atoms with Crippen LogP contribution in [0, 0.1) is 24.2 Å². The summed E-state index contributed by atoms with van der Waals surface area (Å²) in [5.41, 5.74) is 6.07. The number of alkyl halides is 4. The van der Waals surface area contributed by atoms with E-state index in [2.05, 4.69) is 16.0 Å². The number of carbonyl (C=O) groups excluding carboxylic acids is 1. The molecule has 11 nitrogen and oxygen atoms in total. The molecular weight excluding hydrogens is 666 g/mol. The zero-order valence-corrected chi connectivity index (χ0v) is 29.7. The van der Waals surface area contributed by atoms with Gasteiger partial charge in [0.15, 0.2) is 0 Å². The zero-order chi connectivity index (χ0) is 36.7. The fraction of sp³-hybridized carbons (Fsp3) is 0.639. The summed E-state index contributed by atoms with van der Waals surface area (Å²) in [6, 6.07) is 3.13. The number of aryl methyl sites for hydroxylation is 1. The second kappa shape index (κ2) is 14.5. The van der Waals surface area contributed by atoms with Gasteiger partial charge < -0.3 is 25.2 Å². The highest BCUT2D eigenvalue weighted by Gasteiger charge is 2.50. The summed E-state index contributed by atoms with van der Waals surface area (Å²) in [6.45, 7) is 6.35. The Morgan fingerprint density at radius 1 is 1.20 bits per heavy atom. The molecule has 15 heteroatoms. The Bertz CT molecular complexity index is 1700. The van der Waals surface area contributed by atoms with E-state index < -0.39 is 35.4 Å². The summed E-state index contributed by atoms with van der Waals surface area (Å²) in [4.78, 5) is 35.0. The summed E-state index contributed by atoms with van der Waals surface area (Å²) >= 11 is 0. The van der Waals surface area contributed by atoms with Crippen LogP contribution >= 0.6 is 0 Å². The summed E-state index contributed by atoms with van der Waals surface area (Å²) in [7, 11) is 3.82. The second-order valence-corrected chi connectivity index (χ2v) is 14.9. The molecule has 0 saturated carbocycles. The number of fused-ring (bicyclic) bond motifs is 2. The van der Waals surface area contributed by atoms with E-state index in [0.717, 1.165) is 24.9 Å². The summed E-state index contributed by atoms with van der Waals surface area (Å²) in [6.07, 6.45) is 0.501. The van der Waals surface area contributed by atoms with Gasteiger partial charge in [0.25, 0.3) is 0 Å². The minimum Gasteiger partial charge on any atom is -0.461 e. The fourth-order valence-electron chi connectivity index (χ4n) is 8.52. The average Bonchev–Trinajstić information content (AvgIpc) is 3.57. The molecule has 6 rings (SSSR count). The van der Waals surface area contributed by atoms with Crippen molar-refractivity contribution < 1.29 is 27.1 Å². The van der Waals surface area contributed by atoms with E-state index in [9.17, 15) is 27.6 Å². The minimum absolute atomic E-state index is 0.0195. The van der Waals surface area contributed by atoms with Gasteiger partial charge >= 0.3 is 12.2 Å². The number of ether oxygens (including phenoxy) is 1. The van der Waals surface area contributed by atoms with Crippen LogP contribution in [0.15, 0.2) is 18.2 Å². The number of nitrogens with zero attached hydrogens (tertiary/aromatic N) is 8. The number of likely N-dealkylation sites (N-methyl/N-ethyl adjacent to an activating group) is 1. The van der Waals surface area contributed by atoms with Gasteiger partial charge in [0.05, 0.1) is 41.0 Å². The van der Waals surface area contributed by atoms with Crippen molar-refractivity contribution in [3.63, 3.8) is 0 Å². The van der Waals surface area contributed by atoms with Crippen LogP contribution in [0.25, 0.3) is 0 Å². The number of anilines is 2. The quantitative estimate of drug-likeness (QED) is 0.297. The summed E-state index contributed by atoms with van der Waals surface area (Å²) < 4.78 is 64.2. The number of nitriles is 1. The first-order chi connectivity index (χ1) is 24.2. The number of amides is 1. The maximum Gasteiger partial charge on any atom is 0.418 e. The highest BCUT2D eigenvalue weighted by molar-refractivity contribution is 5.88. The molecule has 3 aliphatic heterocycles. The summed E-state index contributed by atoms with van der Waals surface area (Å²) in [5, 5.41) is 9.71. The van der Waals surface area contributed by atoms with Crippen molar-refractivity contribution >= 4 is 17.5 Å². The number of carbonyl (C=O) groups is 1. The second-order valence-electron chi connectivity index (χ2n) is 14.9. The number of nitrogen functional groups attached to an aromatic ring is 1. The Morgan fingerprint density at radius 3 is 2.71 bits per heavy atom. The molecule has 5 heterocycles. The first-order valence-electron chi connectivity index (χ1n) is 17.7.